The van der Waals surface area contributed by atoms with Crippen molar-refractivity contribution in [3.05, 3.63) is 59.7 Å². The lowest BCUT2D eigenvalue weighted by molar-refractivity contribution is -0.134. The van der Waals surface area contributed by atoms with Crippen molar-refractivity contribution in [1.82, 2.24) is 15.5 Å². The molecule has 32 heavy (non-hydrogen) atoms. The van der Waals surface area contributed by atoms with E-state index in [0.717, 1.165) is 5.56 Å². The van der Waals surface area contributed by atoms with Crippen LogP contribution in [0.1, 0.15) is 24.3 Å². The molecule has 2 N–H and O–H groups in total. The van der Waals surface area contributed by atoms with Gasteiger partial charge in [-0.2, -0.15) is 0 Å². The molecule has 3 aromatic rings. The number of hydrogen-bond donors (Lipinski definition) is 2. The molecule has 3 heterocycles. The van der Waals surface area contributed by atoms with Crippen LogP contribution >= 0.6 is 0 Å². The fourth-order valence-corrected chi connectivity index (χ4v) is 3.99. The number of anilines is 2. The van der Waals surface area contributed by atoms with Crippen molar-refractivity contribution in [2.75, 3.05) is 23.3 Å². The van der Waals surface area contributed by atoms with E-state index in [1.54, 1.807) is 4.90 Å². The number of amides is 2. The van der Waals surface area contributed by atoms with Crippen LogP contribution in [0.25, 0.3) is 11.5 Å². The summed E-state index contributed by atoms with van der Waals surface area (Å²) in [5.41, 5.74) is 0.892. The molecular formula is C22H19F2N5O3. The van der Waals surface area contributed by atoms with Gasteiger partial charge in [0.25, 0.3) is 0 Å². The summed E-state index contributed by atoms with van der Waals surface area (Å²) in [5.74, 6) is -3.30. The molecule has 2 saturated heterocycles. The molecule has 2 aromatic carbocycles. The molecule has 0 saturated carbocycles. The number of piperidine rings is 1. The number of nitrogens with one attached hydrogen (secondary N) is 2. The van der Waals surface area contributed by atoms with Crippen LogP contribution in [0.5, 0.6) is 0 Å². The van der Waals surface area contributed by atoms with Gasteiger partial charge in [-0.1, -0.05) is 23.3 Å². The smallest absolute Gasteiger partial charge is 0.316 e. The number of halogens is 2. The third-order valence-electron chi connectivity index (χ3n) is 5.67. The summed E-state index contributed by atoms with van der Waals surface area (Å²) in [6.07, 6.45) is 0.140. The first kappa shape index (κ1) is 20.1. The van der Waals surface area contributed by atoms with Gasteiger partial charge in [-0.3, -0.25) is 14.9 Å². The Bertz CT molecular complexity index is 1150. The maximum atomic E-state index is 14.7. The van der Waals surface area contributed by atoms with E-state index in [9.17, 15) is 18.4 Å². The van der Waals surface area contributed by atoms with Crippen molar-refractivity contribution < 1.29 is 22.8 Å². The second kappa shape index (κ2) is 8.03. The van der Waals surface area contributed by atoms with Crippen molar-refractivity contribution >= 4 is 23.5 Å². The third-order valence-corrected chi connectivity index (χ3v) is 5.67. The maximum absolute atomic E-state index is 14.7. The predicted molar refractivity (Wildman–Crippen MR) is 111 cm³/mol. The first-order chi connectivity index (χ1) is 15.5. The van der Waals surface area contributed by atoms with Gasteiger partial charge in [0.05, 0.1) is 12.0 Å². The van der Waals surface area contributed by atoms with Crippen LogP contribution in [0.3, 0.4) is 0 Å². The molecule has 8 nitrogen and oxygen atoms in total. The molecule has 5 rings (SSSR count). The van der Waals surface area contributed by atoms with Gasteiger partial charge >= 0.3 is 6.01 Å². The summed E-state index contributed by atoms with van der Waals surface area (Å²) in [4.78, 5) is 25.1. The molecule has 0 spiro atoms. The summed E-state index contributed by atoms with van der Waals surface area (Å²) in [5, 5.41) is 13.3. The molecule has 0 radical (unpaired) electrons. The lowest BCUT2D eigenvalue weighted by Crippen LogP contribution is -2.55. The van der Waals surface area contributed by atoms with E-state index < -0.39 is 29.4 Å². The van der Waals surface area contributed by atoms with Crippen LogP contribution in [0.4, 0.5) is 20.5 Å². The Labute approximate surface area is 181 Å². The average molecular weight is 439 g/mol. The van der Waals surface area contributed by atoms with Crippen molar-refractivity contribution in [2.45, 2.75) is 24.8 Å². The lowest BCUT2D eigenvalue weighted by atomic mass is 9.89. The minimum atomic E-state index is -1.01. The van der Waals surface area contributed by atoms with Crippen LogP contribution in [0, 0.1) is 11.6 Å². The lowest BCUT2D eigenvalue weighted by Gasteiger charge is -2.41. The highest BCUT2D eigenvalue weighted by Crippen LogP contribution is 2.33. The van der Waals surface area contributed by atoms with Gasteiger partial charge in [0.15, 0.2) is 0 Å². The number of rotatable bonds is 5. The molecule has 1 aromatic heterocycles. The van der Waals surface area contributed by atoms with E-state index in [1.807, 2.05) is 30.3 Å². The Morgan fingerprint density at radius 2 is 1.78 bits per heavy atom. The number of imide groups is 1. The minimum Gasteiger partial charge on any atom is -0.403 e. The molecule has 2 aliphatic rings. The first-order valence-corrected chi connectivity index (χ1v) is 10.2. The number of aromatic nitrogens is 2. The van der Waals surface area contributed by atoms with Crippen LogP contribution in [-0.4, -0.2) is 41.1 Å². The van der Waals surface area contributed by atoms with E-state index in [1.165, 1.54) is 12.1 Å². The number of carbonyl (C=O) groups is 2. The zero-order valence-corrected chi connectivity index (χ0v) is 16.8. The largest absolute Gasteiger partial charge is 0.403 e. The quantitative estimate of drug-likeness (QED) is 0.590. The normalized spacial score (nSPS) is 18.9. The fraction of sp³-hybridized carbons (Fsp3) is 0.273. The van der Waals surface area contributed by atoms with E-state index >= 15 is 0 Å². The molecule has 2 amide bonds. The second-order valence-corrected chi connectivity index (χ2v) is 7.85. The summed E-state index contributed by atoms with van der Waals surface area (Å²) in [6, 6.07) is 12.1. The molecule has 1 atom stereocenters. The highest BCUT2D eigenvalue weighted by molar-refractivity contribution is 6.01. The van der Waals surface area contributed by atoms with Gasteiger partial charge in [-0.25, -0.2) is 8.78 Å². The van der Waals surface area contributed by atoms with E-state index in [2.05, 4.69) is 20.8 Å². The monoisotopic (exact) mass is 439 g/mol. The zero-order valence-electron chi connectivity index (χ0n) is 16.8. The van der Waals surface area contributed by atoms with E-state index in [0.29, 0.717) is 24.7 Å². The van der Waals surface area contributed by atoms with Gasteiger partial charge in [-0.05, 0) is 30.7 Å². The Balaban J connectivity index is 1.23. The molecular weight excluding hydrogens is 420 g/mol. The van der Waals surface area contributed by atoms with Gasteiger partial charge in [0, 0.05) is 36.3 Å². The highest BCUT2D eigenvalue weighted by Gasteiger charge is 2.34. The third kappa shape index (κ3) is 3.79. The van der Waals surface area contributed by atoms with Crippen molar-refractivity contribution in [1.29, 1.82) is 0 Å². The van der Waals surface area contributed by atoms with Gasteiger partial charge in [-0.15, -0.1) is 5.10 Å². The summed E-state index contributed by atoms with van der Waals surface area (Å²) in [6.45, 7) is 0.972. The Kier molecular flexibility index (Phi) is 5.04. The topological polar surface area (TPSA) is 100 Å². The maximum Gasteiger partial charge on any atom is 0.316 e. The fourth-order valence-electron chi connectivity index (χ4n) is 3.99. The number of hydrogen-bond acceptors (Lipinski definition) is 7. The van der Waals surface area contributed by atoms with Gasteiger partial charge in [0.1, 0.15) is 11.6 Å². The minimum absolute atomic E-state index is 0.0278. The molecule has 0 bridgehead atoms. The Morgan fingerprint density at radius 1 is 1.06 bits per heavy atom. The van der Waals surface area contributed by atoms with E-state index in [4.69, 9.17) is 4.42 Å². The highest BCUT2D eigenvalue weighted by atomic mass is 19.1. The van der Waals surface area contributed by atoms with Crippen LogP contribution in [0.2, 0.25) is 0 Å². The van der Waals surface area contributed by atoms with Crippen molar-refractivity contribution in [3.63, 3.8) is 0 Å². The SMILES string of the molecule is O=C1CCC(c2c(F)cc(N3CC(Nc4nnc(-c5ccccc5)o4)C3)cc2F)C(=O)N1. The van der Waals surface area contributed by atoms with Crippen LogP contribution < -0.4 is 15.5 Å². The van der Waals surface area contributed by atoms with Crippen molar-refractivity contribution in [3.8, 4) is 11.5 Å². The van der Waals surface area contributed by atoms with Crippen LogP contribution in [-0.2, 0) is 9.59 Å². The summed E-state index contributed by atoms with van der Waals surface area (Å²) < 4.78 is 35.1. The Morgan fingerprint density at radius 3 is 2.47 bits per heavy atom. The number of benzene rings is 2. The van der Waals surface area contributed by atoms with Gasteiger partial charge in [0.2, 0.25) is 17.7 Å². The summed E-state index contributed by atoms with van der Waals surface area (Å²) in [7, 11) is 0. The predicted octanol–water partition coefficient (Wildman–Crippen LogP) is 2.84. The summed E-state index contributed by atoms with van der Waals surface area (Å²) >= 11 is 0. The van der Waals surface area contributed by atoms with E-state index in [-0.39, 0.29) is 30.5 Å². The molecule has 1 unspecified atom stereocenters. The zero-order chi connectivity index (χ0) is 22.2. The second-order valence-electron chi connectivity index (χ2n) is 7.85. The first-order valence-electron chi connectivity index (χ1n) is 10.2. The number of carbonyl (C=O) groups excluding carboxylic acids is 2. The Hall–Kier alpha value is -3.82. The van der Waals surface area contributed by atoms with Gasteiger partial charge < -0.3 is 14.6 Å². The number of nitrogens with zero attached hydrogens (tertiary/aromatic N) is 3. The average Bonchev–Trinajstić information content (AvgIpc) is 3.21. The molecule has 0 aliphatic carbocycles. The molecule has 2 aliphatic heterocycles. The molecule has 10 heteroatoms. The molecule has 2 fully saturated rings. The standard InChI is InChI=1S/C22H19F2N5O3/c23-16-8-14(9-17(24)19(16)15-6-7-18(30)26-20(15)31)29-10-13(11-29)25-22-28-27-21(32-22)12-4-2-1-3-5-12/h1-5,8-9,13,15H,6-7,10-11H2,(H,25,28)(H,26,30,31). The molecule has 164 valence electrons. The van der Waals surface area contributed by atoms with Crippen molar-refractivity contribution in [2.24, 2.45) is 0 Å². The van der Waals surface area contributed by atoms with Crippen LogP contribution in [0.15, 0.2) is 46.9 Å².